The molecule has 0 bridgehead atoms. The quantitative estimate of drug-likeness (QED) is 0.508. The van der Waals surface area contributed by atoms with Crippen LogP contribution in [0.4, 0.5) is 0 Å². The number of aliphatic hydroxyl groups excluding tert-OH is 2. The summed E-state index contributed by atoms with van der Waals surface area (Å²) < 4.78 is 10.2. The van der Waals surface area contributed by atoms with E-state index in [9.17, 15) is 19.8 Å². The van der Waals surface area contributed by atoms with Crippen molar-refractivity contribution < 1.29 is 29.3 Å². The molecule has 0 radical (unpaired) electrons. The highest BCUT2D eigenvalue weighted by Gasteiger charge is 2.53. The van der Waals surface area contributed by atoms with Crippen molar-refractivity contribution in [2.75, 3.05) is 13.7 Å². The first kappa shape index (κ1) is 22.9. The summed E-state index contributed by atoms with van der Waals surface area (Å²) in [4.78, 5) is 23.8. The van der Waals surface area contributed by atoms with E-state index in [4.69, 9.17) is 9.47 Å². The number of rotatable bonds is 7. The minimum Gasteiger partial charge on any atom is -0.469 e. The third kappa shape index (κ3) is 4.28. The fraction of sp³-hybridized carbons (Fsp3) is 0.818. The Labute approximate surface area is 168 Å². The van der Waals surface area contributed by atoms with E-state index in [1.165, 1.54) is 19.6 Å². The zero-order valence-electron chi connectivity index (χ0n) is 17.9. The van der Waals surface area contributed by atoms with Crippen LogP contribution in [0.15, 0.2) is 11.6 Å². The van der Waals surface area contributed by atoms with Gasteiger partial charge < -0.3 is 19.7 Å². The average Bonchev–Trinajstić information content (AvgIpc) is 2.66. The molecule has 1 fully saturated rings. The average molecular weight is 397 g/mol. The lowest BCUT2D eigenvalue weighted by Gasteiger charge is -2.53. The molecule has 28 heavy (non-hydrogen) atoms. The summed E-state index contributed by atoms with van der Waals surface area (Å²) in [7, 11) is 1.45. The van der Waals surface area contributed by atoms with Crippen LogP contribution in [-0.2, 0) is 19.1 Å². The first-order valence-electron chi connectivity index (χ1n) is 10.3. The predicted molar refractivity (Wildman–Crippen MR) is 105 cm³/mol. The third-order valence-corrected chi connectivity index (χ3v) is 7.35. The molecule has 1 saturated carbocycles. The van der Waals surface area contributed by atoms with E-state index in [-0.39, 0.29) is 17.3 Å². The van der Waals surface area contributed by atoms with Crippen LogP contribution in [0.25, 0.3) is 0 Å². The molecule has 160 valence electrons. The van der Waals surface area contributed by atoms with Gasteiger partial charge in [0.2, 0.25) is 0 Å². The summed E-state index contributed by atoms with van der Waals surface area (Å²) in [5, 5.41) is 19.9. The van der Waals surface area contributed by atoms with Crippen molar-refractivity contribution in [2.24, 2.45) is 22.7 Å². The summed E-state index contributed by atoms with van der Waals surface area (Å²) in [5.74, 6) is -0.105. The van der Waals surface area contributed by atoms with Crippen LogP contribution in [0.3, 0.4) is 0 Å². The smallest absolute Gasteiger partial charge is 0.312 e. The normalized spacial score (nSPS) is 34.6. The number of esters is 2. The predicted octanol–water partition coefficient (Wildman–Crippen LogP) is 3.00. The first-order chi connectivity index (χ1) is 13.1. The highest BCUT2D eigenvalue weighted by molar-refractivity contribution is 5.77. The molecule has 0 aromatic rings. The van der Waals surface area contributed by atoms with Gasteiger partial charge in [-0.15, -0.1) is 0 Å². The molecule has 2 unspecified atom stereocenters. The van der Waals surface area contributed by atoms with Crippen LogP contribution in [0, 0.1) is 22.7 Å². The van der Waals surface area contributed by atoms with E-state index in [1.807, 2.05) is 6.92 Å². The Hall–Kier alpha value is -1.40. The second kappa shape index (κ2) is 8.95. The van der Waals surface area contributed by atoms with Crippen molar-refractivity contribution >= 4 is 11.9 Å². The maximum absolute atomic E-state index is 12.6. The van der Waals surface area contributed by atoms with Crippen LogP contribution >= 0.6 is 0 Å². The molecule has 0 aromatic heterocycles. The molecule has 0 saturated heterocycles. The highest BCUT2D eigenvalue weighted by Crippen LogP contribution is 2.58. The van der Waals surface area contributed by atoms with Crippen LogP contribution in [-0.4, -0.2) is 48.1 Å². The zero-order valence-corrected chi connectivity index (χ0v) is 17.9. The van der Waals surface area contributed by atoms with Gasteiger partial charge in [0.15, 0.2) is 6.10 Å². The van der Waals surface area contributed by atoms with E-state index in [0.717, 1.165) is 25.7 Å². The van der Waals surface area contributed by atoms with Crippen molar-refractivity contribution in [3.05, 3.63) is 11.6 Å². The van der Waals surface area contributed by atoms with Crippen molar-refractivity contribution in [2.45, 2.75) is 78.4 Å². The van der Waals surface area contributed by atoms with Crippen molar-refractivity contribution in [1.29, 1.82) is 0 Å². The maximum Gasteiger partial charge on any atom is 0.312 e. The molecular weight excluding hydrogens is 360 g/mol. The Balaban J connectivity index is 2.21. The van der Waals surface area contributed by atoms with Gasteiger partial charge in [-0.3, -0.25) is 9.59 Å². The Bertz CT molecular complexity index is 614. The SMILES string of the molecule is COC(=O)C1(C)CCC=C2C1CC[C@@H](C)[C@]2(C)CC[C@H](O)[C@@H](CO)OC(C)=O. The molecule has 2 rings (SSSR count). The number of ether oxygens (including phenoxy) is 2. The van der Waals surface area contributed by atoms with Gasteiger partial charge in [0.1, 0.15) is 0 Å². The Morgan fingerprint density at radius 1 is 1.32 bits per heavy atom. The van der Waals surface area contributed by atoms with Crippen LogP contribution in [0.1, 0.15) is 66.2 Å². The fourth-order valence-corrected chi connectivity index (χ4v) is 5.26. The molecule has 0 aliphatic heterocycles. The van der Waals surface area contributed by atoms with E-state index in [1.54, 1.807) is 0 Å². The standard InChI is InChI=1S/C22H36O6/c1-14-8-9-17-16(7-6-11-22(17,4)20(26)27-5)21(14,3)12-10-18(25)19(13-23)28-15(2)24/h7,14,17-19,23,25H,6,8-13H2,1-5H3/t14-,17?,18+,19-,21+,22?/m1/s1. The number of aliphatic hydroxyl groups is 2. The van der Waals surface area contributed by atoms with Gasteiger partial charge >= 0.3 is 11.9 Å². The molecule has 2 aliphatic carbocycles. The molecule has 6 atom stereocenters. The second-order valence-electron chi connectivity index (χ2n) is 8.99. The van der Waals surface area contributed by atoms with Gasteiger partial charge in [-0.25, -0.2) is 0 Å². The molecule has 6 nitrogen and oxygen atoms in total. The summed E-state index contributed by atoms with van der Waals surface area (Å²) in [6.07, 6.45) is 5.18. The maximum atomic E-state index is 12.6. The van der Waals surface area contributed by atoms with Gasteiger partial charge in [0.25, 0.3) is 0 Å². The third-order valence-electron chi connectivity index (χ3n) is 7.35. The largest absolute Gasteiger partial charge is 0.469 e. The second-order valence-corrected chi connectivity index (χ2v) is 8.99. The molecule has 0 heterocycles. The Kier molecular flexibility index (Phi) is 7.32. The number of fused-ring (bicyclic) bond motifs is 1. The summed E-state index contributed by atoms with van der Waals surface area (Å²) in [6.45, 7) is 7.32. The summed E-state index contributed by atoms with van der Waals surface area (Å²) in [6, 6.07) is 0. The Morgan fingerprint density at radius 3 is 2.57 bits per heavy atom. The van der Waals surface area contributed by atoms with Crippen molar-refractivity contribution in [3.63, 3.8) is 0 Å². The lowest BCUT2D eigenvalue weighted by molar-refractivity contribution is -0.156. The summed E-state index contributed by atoms with van der Waals surface area (Å²) >= 11 is 0. The molecular formula is C22H36O6. The number of hydrogen-bond donors (Lipinski definition) is 2. The topological polar surface area (TPSA) is 93.1 Å². The van der Waals surface area contributed by atoms with Gasteiger partial charge in [-0.05, 0) is 62.7 Å². The van der Waals surface area contributed by atoms with Gasteiger partial charge in [-0.2, -0.15) is 0 Å². The number of allylic oxidation sites excluding steroid dienone is 2. The minimum atomic E-state index is -0.922. The highest BCUT2D eigenvalue weighted by atomic mass is 16.6. The van der Waals surface area contributed by atoms with E-state index >= 15 is 0 Å². The number of methoxy groups -OCH3 is 1. The van der Waals surface area contributed by atoms with Gasteiger partial charge in [0.05, 0.1) is 25.2 Å². The summed E-state index contributed by atoms with van der Waals surface area (Å²) in [5.41, 5.74) is 0.630. The van der Waals surface area contributed by atoms with Crippen LogP contribution in [0.2, 0.25) is 0 Å². The number of hydrogen-bond acceptors (Lipinski definition) is 6. The van der Waals surface area contributed by atoms with Gasteiger partial charge in [0, 0.05) is 6.92 Å². The van der Waals surface area contributed by atoms with E-state index in [0.29, 0.717) is 18.8 Å². The van der Waals surface area contributed by atoms with Crippen LogP contribution < -0.4 is 0 Å². The lowest BCUT2D eigenvalue weighted by atomic mass is 9.51. The number of carbonyl (C=O) groups excluding carboxylic acids is 2. The van der Waals surface area contributed by atoms with Crippen molar-refractivity contribution in [3.8, 4) is 0 Å². The molecule has 0 amide bonds. The van der Waals surface area contributed by atoms with E-state index < -0.39 is 30.2 Å². The lowest BCUT2D eigenvalue weighted by Crippen LogP contribution is -2.48. The van der Waals surface area contributed by atoms with E-state index in [2.05, 4.69) is 19.9 Å². The monoisotopic (exact) mass is 396 g/mol. The zero-order chi connectivity index (χ0) is 21.1. The van der Waals surface area contributed by atoms with Gasteiger partial charge in [-0.1, -0.05) is 25.5 Å². The van der Waals surface area contributed by atoms with Crippen molar-refractivity contribution in [1.82, 2.24) is 0 Å². The molecule has 2 N–H and O–H groups in total. The van der Waals surface area contributed by atoms with Crippen LogP contribution in [0.5, 0.6) is 0 Å². The fourth-order valence-electron chi connectivity index (χ4n) is 5.26. The Morgan fingerprint density at radius 2 is 2.00 bits per heavy atom. The number of carbonyl (C=O) groups is 2. The molecule has 0 aromatic carbocycles. The minimum absolute atomic E-state index is 0.143. The molecule has 6 heteroatoms. The first-order valence-corrected chi connectivity index (χ1v) is 10.3. The molecule has 0 spiro atoms. The molecule has 2 aliphatic rings.